The number of hydrogen-bond acceptors (Lipinski definition) is 3. The number of amides is 2. The molecule has 1 heterocycles. The lowest BCUT2D eigenvalue weighted by Gasteiger charge is -2.09. The smallest absolute Gasteiger partial charge is 0.274 e. The molecular formula is C22H20ClN3O2. The van der Waals surface area contributed by atoms with Crippen LogP contribution in [0.3, 0.4) is 0 Å². The Bertz CT molecular complexity index is 1020. The van der Waals surface area contributed by atoms with E-state index in [9.17, 15) is 9.59 Å². The number of halogens is 1. The highest BCUT2D eigenvalue weighted by atomic mass is 35.5. The van der Waals surface area contributed by atoms with Crippen molar-refractivity contribution >= 4 is 29.1 Å². The second-order valence-corrected chi connectivity index (χ2v) is 6.93. The van der Waals surface area contributed by atoms with E-state index >= 15 is 0 Å². The Hall–Kier alpha value is -3.18. The zero-order chi connectivity index (χ0) is 20.1. The minimum atomic E-state index is -0.390. The highest BCUT2D eigenvalue weighted by molar-refractivity contribution is 6.30. The number of aryl methyl sites for hydroxylation is 2. The van der Waals surface area contributed by atoms with Crippen LogP contribution in [-0.4, -0.2) is 16.8 Å². The number of benzene rings is 2. The molecule has 0 saturated heterocycles. The Morgan fingerprint density at radius 3 is 2.29 bits per heavy atom. The van der Waals surface area contributed by atoms with E-state index in [1.165, 1.54) is 0 Å². The van der Waals surface area contributed by atoms with E-state index in [1.807, 2.05) is 38.1 Å². The Morgan fingerprint density at radius 2 is 1.61 bits per heavy atom. The van der Waals surface area contributed by atoms with E-state index in [0.717, 1.165) is 16.7 Å². The Labute approximate surface area is 168 Å². The summed E-state index contributed by atoms with van der Waals surface area (Å²) < 4.78 is 0. The van der Waals surface area contributed by atoms with Gasteiger partial charge in [0.15, 0.2) is 0 Å². The largest absolute Gasteiger partial charge is 0.347 e. The minimum Gasteiger partial charge on any atom is -0.347 e. The first-order valence-corrected chi connectivity index (χ1v) is 9.18. The molecule has 0 spiro atoms. The van der Waals surface area contributed by atoms with Gasteiger partial charge in [0.2, 0.25) is 0 Å². The van der Waals surface area contributed by atoms with Gasteiger partial charge in [-0.2, -0.15) is 0 Å². The summed E-state index contributed by atoms with van der Waals surface area (Å²) in [6.45, 7) is 4.25. The van der Waals surface area contributed by atoms with E-state index < -0.39 is 5.91 Å². The molecule has 3 aromatic rings. The molecule has 1 aromatic heterocycles. The summed E-state index contributed by atoms with van der Waals surface area (Å²) in [6.07, 6.45) is 0. The van der Waals surface area contributed by atoms with E-state index in [1.54, 1.807) is 36.4 Å². The Kier molecular flexibility index (Phi) is 6.06. The molecule has 142 valence electrons. The number of carbonyl (C=O) groups is 2. The predicted octanol–water partition coefficient (Wildman–Crippen LogP) is 4.53. The fraction of sp³-hybridized carbons (Fsp3) is 0.136. The summed E-state index contributed by atoms with van der Waals surface area (Å²) in [6, 6.07) is 17.9. The molecule has 6 heteroatoms. The van der Waals surface area contributed by atoms with Crippen LogP contribution in [0.1, 0.15) is 37.7 Å². The molecule has 0 bridgehead atoms. The van der Waals surface area contributed by atoms with Gasteiger partial charge in [-0.3, -0.25) is 9.59 Å². The summed E-state index contributed by atoms with van der Waals surface area (Å²) >= 11 is 5.94. The summed E-state index contributed by atoms with van der Waals surface area (Å²) in [5.74, 6) is -0.725. The first-order chi connectivity index (χ1) is 13.4. The van der Waals surface area contributed by atoms with Crippen LogP contribution < -0.4 is 10.6 Å². The fourth-order valence-electron chi connectivity index (χ4n) is 2.62. The van der Waals surface area contributed by atoms with Crippen molar-refractivity contribution < 1.29 is 9.59 Å². The SMILES string of the molecule is Cc1ccc(CNC(=O)c2cccc(C(=O)Nc3ccc(Cl)cc3C)n2)cc1. The molecular weight excluding hydrogens is 374 g/mol. The standard InChI is InChI=1S/C22H20ClN3O2/c1-14-6-8-16(9-7-14)13-24-21(27)19-4-3-5-20(25-19)22(28)26-18-11-10-17(23)12-15(18)2/h3-12H,13H2,1-2H3,(H,24,27)(H,26,28). The minimum absolute atomic E-state index is 0.164. The average Bonchev–Trinajstić information content (AvgIpc) is 2.69. The maximum atomic E-state index is 12.5. The van der Waals surface area contributed by atoms with Gasteiger partial charge in [-0.1, -0.05) is 47.5 Å². The van der Waals surface area contributed by atoms with Crippen molar-refractivity contribution in [2.45, 2.75) is 20.4 Å². The molecule has 0 radical (unpaired) electrons. The number of rotatable bonds is 5. The van der Waals surface area contributed by atoms with E-state index in [-0.39, 0.29) is 17.3 Å². The summed E-state index contributed by atoms with van der Waals surface area (Å²) in [5.41, 5.74) is 3.99. The molecule has 2 aromatic carbocycles. The van der Waals surface area contributed by atoms with Gasteiger partial charge in [0.05, 0.1) is 0 Å². The number of carbonyl (C=O) groups excluding carboxylic acids is 2. The zero-order valence-electron chi connectivity index (χ0n) is 15.6. The molecule has 2 N–H and O–H groups in total. The second-order valence-electron chi connectivity index (χ2n) is 6.49. The first kappa shape index (κ1) is 19.6. The van der Waals surface area contributed by atoms with Gasteiger partial charge in [0.25, 0.3) is 11.8 Å². The van der Waals surface area contributed by atoms with Crippen LogP contribution in [0.25, 0.3) is 0 Å². The molecule has 0 aliphatic carbocycles. The topological polar surface area (TPSA) is 71.1 Å². The van der Waals surface area contributed by atoms with Crippen molar-refractivity contribution in [2.75, 3.05) is 5.32 Å². The van der Waals surface area contributed by atoms with E-state index in [0.29, 0.717) is 17.3 Å². The summed E-state index contributed by atoms with van der Waals surface area (Å²) in [5, 5.41) is 6.21. The second kappa shape index (κ2) is 8.67. The number of nitrogens with zero attached hydrogens (tertiary/aromatic N) is 1. The van der Waals surface area contributed by atoms with Gasteiger partial charge in [0, 0.05) is 17.3 Å². The van der Waals surface area contributed by atoms with E-state index in [4.69, 9.17) is 11.6 Å². The van der Waals surface area contributed by atoms with Crippen LogP contribution in [0.2, 0.25) is 5.02 Å². The number of aromatic nitrogens is 1. The fourth-order valence-corrected chi connectivity index (χ4v) is 2.85. The highest BCUT2D eigenvalue weighted by Crippen LogP contribution is 2.20. The molecule has 0 unspecified atom stereocenters. The Morgan fingerprint density at radius 1 is 0.929 bits per heavy atom. The first-order valence-electron chi connectivity index (χ1n) is 8.80. The summed E-state index contributed by atoms with van der Waals surface area (Å²) in [7, 11) is 0. The van der Waals surface area contributed by atoms with Crippen LogP contribution >= 0.6 is 11.6 Å². The van der Waals surface area contributed by atoms with Crippen LogP contribution in [0.15, 0.2) is 60.7 Å². The monoisotopic (exact) mass is 393 g/mol. The van der Waals surface area contributed by atoms with Crippen molar-refractivity contribution in [3.8, 4) is 0 Å². The number of nitrogens with one attached hydrogen (secondary N) is 2. The van der Waals surface area contributed by atoms with Crippen molar-refractivity contribution in [1.29, 1.82) is 0 Å². The number of anilines is 1. The molecule has 0 aliphatic heterocycles. The van der Waals surface area contributed by atoms with E-state index in [2.05, 4.69) is 15.6 Å². The molecule has 2 amide bonds. The van der Waals surface area contributed by atoms with Gasteiger partial charge in [0.1, 0.15) is 11.4 Å². The molecule has 28 heavy (non-hydrogen) atoms. The van der Waals surface area contributed by atoms with Crippen molar-refractivity contribution in [3.05, 3.63) is 93.8 Å². The van der Waals surface area contributed by atoms with Gasteiger partial charge >= 0.3 is 0 Å². The third kappa shape index (κ3) is 4.96. The van der Waals surface area contributed by atoms with Crippen LogP contribution in [0.4, 0.5) is 5.69 Å². The third-order valence-electron chi connectivity index (χ3n) is 4.22. The van der Waals surface area contributed by atoms with Gasteiger partial charge in [-0.25, -0.2) is 4.98 Å². The molecule has 0 aliphatic rings. The summed E-state index contributed by atoms with van der Waals surface area (Å²) in [4.78, 5) is 29.1. The lowest BCUT2D eigenvalue weighted by atomic mass is 10.1. The normalized spacial score (nSPS) is 10.4. The lowest BCUT2D eigenvalue weighted by Crippen LogP contribution is -2.25. The molecule has 3 rings (SSSR count). The van der Waals surface area contributed by atoms with Crippen LogP contribution in [0, 0.1) is 13.8 Å². The van der Waals surface area contributed by atoms with Gasteiger partial charge in [-0.05, 0) is 55.3 Å². The number of pyridine rings is 1. The lowest BCUT2D eigenvalue weighted by molar-refractivity contribution is 0.0945. The maximum Gasteiger partial charge on any atom is 0.274 e. The predicted molar refractivity (Wildman–Crippen MR) is 111 cm³/mol. The molecule has 0 atom stereocenters. The molecule has 0 fully saturated rings. The maximum absolute atomic E-state index is 12.5. The van der Waals surface area contributed by atoms with Crippen LogP contribution in [-0.2, 0) is 6.54 Å². The van der Waals surface area contributed by atoms with Crippen molar-refractivity contribution in [2.24, 2.45) is 0 Å². The van der Waals surface area contributed by atoms with Gasteiger partial charge in [-0.15, -0.1) is 0 Å². The van der Waals surface area contributed by atoms with Crippen molar-refractivity contribution in [1.82, 2.24) is 10.3 Å². The molecule has 5 nitrogen and oxygen atoms in total. The van der Waals surface area contributed by atoms with Gasteiger partial charge < -0.3 is 10.6 Å². The van der Waals surface area contributed by atoms with Crippen LogP contribution in [0.5, 0.6) is 0 Å². The number of hydrogen-bond donors (Lipinski definition) is 2. The Balaban J connectivity index is 1.67. The zero-order valence-corrected chi connectivity index (χ0v) is 16.4. The quantitative estimate of drug-likeness (QED) is 0.668. The third-order valence-corrected chi connectivity index (χ3v) is 4.46. The molecule has 0 saturated carbocycles. The average molecular weight is 394 g/mol. The van der Waals surface area contributed by atoms with Crippen molar-refractivity contribution in [3.63, 3.8) is 0 Å². The highest BCUT2D eigenvalue weighted by Gasteiger charge is 2.13.